The van der Waals surface area contributed by atoms with Crippen molar-refractivity contribution in [3.05, 3.63) is 54.1 Å². The number of hydrogen-bond donors (Lipinski definition) is 1. The molecule has 0 aromatic heterocycles. The maximum absolute atomic E-state index is 13.0. The minimum atomic E-state index is -3.65. The highest BCUT2D eigenvalue weighted by atomic mass is 32.2. The van der Waals surface area contributed by atoms with E-state index in [-0.39, 0.29) is 10.8 Å². The highest BCUT2D eigenvalue weighted by Gasteiger charge is 2.30. The molecule has 3 rings (SSSR count). The van der Waals surface area contributed by atoms with Gasteiger partial charge in [-0.15, -0.1) is 0 Å². The number of anilines is 1. The summed E-state index contributed by atoms with van der Waals surface area (Å²) in [6.07, 6.45) is 2.67. The molecule has 7 heteroatoms. The third-order valence-corrected chi connectivity index (χ3v) is 6.61. The number of carbonyl (C=O) groups excluding carboxylic acids is 1. The highest BCUT2D eigenvalue weighted by Crippen LogP contribution is 2.31. The summed E-state index contributed by atoms with van der Waals surface area (Å²) in [6.45, 7) is 3.21. The van der Waals surface area contributed by atoms with E-state index < -0.39 is 10.0 Å². The van der Waals surface area contributed by atoms with Crippen LogP contribution in [0.4, 0.5) is 5.69 Å². The molecule has 0 aliphatic carbocycles. The SMILES string of the molecule is CCOc1ccc(NC(=O)CCc2ccccc2)cc1S(=O)(=O)N1CCCC1. The lowest BCUT2D eigenvalue weighted by Crippen LogP contribution is -2.28. The number of amides is 1. The zero-order valence-electron chi connectivity index (χ0n) is 16.1. The first-order valence-electron chi connectivity index (χ1n) is 9.61. The zero-order valence-corrected chi connectivity index (χ0v) is 16.9. The Morgan fingerprint density at radius 2 is 1.82 bits per heavy atom. The van der Waals surface area contributed by atoms with Gasteiger partial charge in [-0.2, -0.15) is 4.31 Å². The molecule has 1 aliphatic rings. The minimum Gasteiger partial charge on any atom is -0.492 e. The van der Waals surface area contributed by atoms with Gasteiger partial charge >= 0.3 is 0 Å². The lowest BCUT2D eigenvalue weighted by atomic mass is 10.1. The van der Waals surface area contributed by atoms with E-state index in [1.165, 1.54) is 10.4 Å². The number of carbonyl (C=O) groups is 1. The van der Waals surface area contributed by atoms with Gasteiger partial charge in [0.25, 0.3) is 0 Å². The monoisotopic (exact) mass is 402 g/mol. The van der Waals surface area contributed by atoms with Gasteiger partial charge in [-0.3, -0.25) is 4.79 Å². The molecule has 28 heavy (non-hydrogen) atoms. The van der Waals surface area contributed by atoms with E-state index in [4.69, 9.17) is 4.74 Å². The predicted octanol–water partition coefficient (Wildman–Crippen LogP) is 3.44. The molecular formula is C21H26N2O4S. The molecule has 6 nitrogen and oxygen atoms in total. The second kappa shape index (κ2) is 9.21. The van der Waals surface area contributed by atoms with Crippen LogP contribution in [0.25, 0.3) is 0 Å². The van der Waals surface area contributed by atoms with Crippen molar-refractivity contribution in [3.8, 4) is 5.75 Å². The van der Waals surface area contributed by atoms with E-state index in [1.807, 2.05) is 37.3 Å². The maximum Gasteiger partial charge on any atom is 0.246 e. The fourth-order valence-electron chi connectivity index (χ4n) is 3.26. The molecule has 2 aromatic rings. The Kier molecular flexibility index (Phi) is 6.70. The summed E-state index contributed by atoms with van der Waals surface area (Å²) in [4.78, 5) is 12.4. The molecule has 1 N–H and O–H groups in total. The lowest BCUT2D eigenvalue weighted by molar-refractivity contribution is -0.116. The van der Waals surface area contributed by atoms with Crippen LogP contribution < -0.4 is 10.1 Å². The number of nitrogens with one attached hydrogen (secondary N) is 1. The molecule has 2 aromatic carbocycles. The van der Waals surface area contributed by atoms with Crippen molar-refractivity contribution >= 4 is 21.6 Å². The first-order valence-corrected chi connectivity index (χ1v) is 11.1. The Morgan fingerprint density at radius 1 is 1.11 bits per heavy atom. The minimum absolute atomic E-state index is 0.108. The van der Waals surface area contributed by atoms with Gasteiger partial charge < -0.3 is 10.1 Å². The second-order valence-electron chi connectivity index (χ2n) is 6.74. The summed E-state index contributed by atoms with van der Waals surface area (Å²) < 4.78 is 33.0. The predicted molar refractivity (Wildman–Crippen MR) is 109 cm³/mol. The van der Waals surface area contributed by atoms with Crippen LogP contribution in [0.3, 0.4) is 0 Å². The molecule has 1 heterocycles. The molecule has 0 atom stereocenters. The van der Waals surface area contributed by atoms with Crippen LogP contribution in [-0.2, 0) is 21.2 Å². The van der Waals surface area contributed by atoms with Crippen molar-refractivity contribution in [1.29, 1.82) is 0 Å². The van der Waals surface area contributed by atoms with Crippen LogP contribution in [0.1, 0.15) is 31.7 Å². The van der Waals surface area contributed by atoms with E-state index >= 15 is 0 Å². The third-order valence-electron chi connectivity index (χ3n) is 4.69. The van der Waals surface area contributed by atoms with Crippen molar-refractivity contribution in [3.63, 3.8) is 0 Å². The summed E-state index contributed by atoms with van der Waals surface area (Å²) in [6, 6.07) is 14.6. The standard InChI is InChI=1S/C21H26N2O4S/c1-2-27-19-12-11-18(16-20(19)28(25,26)23-14-6-7-15-23)22-21(24)13-10-17-8-4-3-5-9-17/h3-5,8-9,11-12,16H,2,6-7,10,13-15H2,1H3,(H,22,24). The molecule has 0 spiro atoms. The Labute approximate surface area is 166 Å². The number of nitrogens with zero attached hydrogens (tertiary/aromatic N) is 1. The largest absolute Gasteiger partial charge is 0.492 e. The van der Waals surface area contributed by atoms with Crippen molar-refractivity contribution in [2.75, 3.05) is 25.0 Å². The van der Waals surface area contributed by atoms with Gasteiger partial charge in [0.05, 0.1) is 6.61 Å². The molecule has 0 bridgehead atoms. The second-order valence-corrected chi connectivity index (χ2v) is 8.65. The zero-order chi connectivity index (χ0) is 20.0. The normalized spacial score (nSPS) is 14.8. The average Bonchev–Trinajstić information content (AvgIpc) is 3.24. The number of benzene rings is 2. The van der Waals surface area contributed by atoms with E-state index in [2.05, 4.69) is 5.32 Å². The maximum atomic E-state index is 13.0. The molecule has 150 valence electrons. The molecule has 0 saturated carbocycles. The number of hydrogen-bond acceptors (Lipinski definition) is 4. The van der Waals surface area contributed by atoms with Crippen LogP contribution in [0.2, 0.25) is 0 Å². The fraction of sp³-hybridized carbons (Fsp3) is 0.381. The summed E-state index contributed by atoms with van der Waals surface area (Å²) in [5, 5.41) is 2.81. The van der Waals surface area contributed by atoms with E-state index in [1.54, 1.807) is 12.1 Å². The van der Waals surface area contributed by atoms with E-state index in [0.717, 1.165) is 18.4 Å². The first-order chi connectivity index (χ1) is 13.5. The Morgan fingerprint density at radius 3 is 2.50 bits per heavy atom. The topological polar surface area (TPSA) is 75.7 Å². The molecule has 0 radical (unpaired) electrons. The van der Waals surface area contributed by atoms with Gasteiger partial charge in [-0.05, 0) is 49.9 Å². The van der Waals surface area contributed by atoms with Crippen molar-refractivity contribution in [2.45, 2.75) is 37.5 Å². The highest BCUT2D eigenvalue weighted by molar-refractivity contribution is 7.89. The van der Waals surface area contributed by atoms with Gasteiger partial charge in [0, 0.05) is 25.2 Å². The quantitative estimate of drug-likeness (QED) is 0.734. The van der Waals surface area contributed by atoms with Gasteiger partial charge in [0.15, 0.2) is 0 Å². The first kappa shape index (κ1) is 20.4. The molecule has 0 unspecified atom stereocenters. The smallest absolute Gasteiger partial charge is 0.246 e. The lowest BCUT2D eigenvalue weighted by Gasteiger charge is -2.19. The van der Waals surface area contributed by atoms with Crippen LogP contribution in [0, 0.1) is 0 Å². The van der Waals surface area contributed by atoms with E-state index in [0.29, 0.717) is 44.0 Å². The average molecular weight is 403 g/mol. The van der Waals surface area contributed by atoms with Gasteiger partial charge in [-0.1, -0.05) is 30.3 Å². The summed E-state index contributed by atoms with van der Waals surface area (Å²) in [5.74, 6) is 0.161. The fourth-order valence-corrected chi connectivity index (χ4v) is 4.93. The molecular weight excluding hydrogens is 376 g/mol. The van der Waals surface area contributed by atoms with Crippen LogP contribution in [0.5, 0.6) is 5.75 Å². The Hall–Kier alpha value is -2.38. The van der Waals surface area contributed by atoms with Crippen molar-refractivity contribution in [1.82, 2.24) is 4.31 Å². The molecule has 1 aliphatic heterocycles. The number of ether oxygens (including phenoxy) is 1. The number of sulfonamides is 1. The summed E-state index contributed by atoms with van der Waals surface area (Å²) in [7, 11) is -3.65. The van der Waals surface area contributed by atoms with E-state index in [9.17, 15) is 13.2 Å². The van der Waals surface area contributed by atoms with Gasteiger partial charge in [0.2, 0.25) is 15.9 Å². The summed E-state index contributed by atoms with van der Waals surface area (Å²) in [5.41, 5.74) is 1.54. The van der Waals surface area contributed by atoms with Crippen LogP contribution >= 0.6 is 0 Å². The van der Waals surface area contributed by atoms with Crippen LogP contribution in [-0.4, -0.2) is 38.3 Å². The Balaban J connectivity index is 1.75. The number of aryl methyl sites for hydroxylation is 1. The molecule has 1 fully saturated rings. The van der Waals surface area contributed by atoms with Crippen LogP contribution in [0.15, 0.2) is 53.4 Å². The Bertz CT molecular complexity index is 907. The third kappa shape index (κ3) is 4.91. The van der Waals surface area contributed by atoms with Gasteiger partial charge in [-0.25, -0.2) is 8.42 Å². The molecule has 1 saturated heterocycles. The molecule has 1 amide bonds. The summed E-state index contributed by atoms with van der Waals surface area (Å²) >= 11 is 0. The van der Waals surface area contributed by atoms with Gasteiger partial charge in [0.1, 0.15) is 10.6 Å². The van der Waals surface area contributed by atoms with Crippen molar-refractivity contribution < 1.29 is 17.9 Å². The number of rotatable bonds is 8. The van der Waals surface area contributed by atoms with Crippen molar-refractivity contribution in [2.24, 2.45) is 0 Å².